The van der Waals surface area contributed by atoms with Gasteiger partial charge in [-0.3, -0.25) is 4.79 Å². The summed E-state index contributed by atoms with van der Waals surface area (Å²) in [7, 11) is 3.19. The molecule has 0 unspecified atom stereocenters. The third kappa shape index (κ3) is 3.41. The van der Waals surface area contributed by atoms with Gasteiger partial charge < -0.3 is 14.5 Å². The minimum Gasteiger partial charge on any atom is -0.497 e. The quantitative estimate of drug-likeness (QED) is 0.784. The second-order valence-electron chi connectivity index (χ2n) is 5.09. The van der Waals surface area contributed by atoms with Crippen molar-refractivity contribution < 1.29 is 9.47 Å². The van der Waals surface area contributed by atoms with E-state index in [4.69, 9.17) is 21.1 Å². The molecule has 0 spiro atoms. The molecule has 6 heteroatoms. The van der Waals surface area contributed by atoms with Gasteiger partial charge in [0.25, 0.3) is 5.56 Å². The minimum atomic E-state index is -0.231. The maximum atomic E-state index is 12.1. The average molecular weight is 343 g/mol. The van der Waals surface area contributed by atoms with Crippen molar-refractivity contribution >= 4 is 34.7 Å². The van der Waals surface area contributed by atoms with E-state index in [0.29, 0.717) is 33.2 Å². The van der Waals surface area contributed by atoms with Crippen molar-refractivity contribution in [3.8, 4) is 11.5 Å². The zero-order chi connectivity index (χ0) is 17.1. The molecule has 1 heterocycles. The fraction of sp³-hybridized carbons (Fsp3) is 0.111. The lowest BCUT2D eigenvalue weighted by molar-refractivity contribution is 0.394. The van der Waals surface area contributed by atoms with Gasteiger partial charge in [0, 0.05) is 11.1 Å². The Labute approximate surface area is 143 Å². The molecule has 0 radical (unpaired) electrons. The van der Waals surface area contributed by atoms with E-state index in [1.54, 1.807) is 44.6 Å². The van der Waals surface area contributed by atoms with Crippen LogP contribution in [0.2, 0.25) is 5.02 Å². The van der Waals surface area contributed by atoms with Gasteiger partial charge in [-0.05, 0) is 42.0 Å². The Morgan fingerprint density at radius 3 is 2.42 bits per heavy atom. The summed E-state index contributed by atoms with van der Waals surface area (Å²) in [6.07, 6.45) is 3.55. The molecule has 0 bridgehead atoms. The van der Waals surface area contributed by atoms with Gasteiger partial charge in [0.2, 0.25) is 0 Å². The fourth-order valence-corrected chi connectivity index (χ4v) is 2.48. The van der Waals surface area contributed by atoms with Gasteiger partial charge in [-0.2, -0.15) is 0 Å². The highest BCUT2D eigenvalue weighted by Gasteiger charge is 2.03. The number of benzene rings is 2. The number of aromatic nitrogens is 2. The summed E-state index contributed by atoms with van der Waals surface area (Å²) in [5.74, 6) is 1.82. The molecule has 1 aromatic heterocycles. The minimum absolute atomic E-state index is 0.231. The largest absolute Gasteiger partial charge is 0.497 e. The lowest BCUT2D eigenvalue weighted by Crippen LogP contribution is -2.09. The summed E-state index contributed by atoms with van der Waals surface area (Å²) in [5.41, 5.74) is 1.22. The van der Waals surface area contributed by atoms with Crippen LogP contribution in [-0.4, -0.2) is 24.2 Å². The first-order valence-corrected chi connectivity index (χ1v) is 7.57. The zero-order valence-electron chi connectivity index (χ0n) is 13.2. The van der Waals surface area contributed by atoms with Crippen molar-refractivity contribution in [1.82, 2.24) is 9.97 Å². The highest BCUT2D eigenvalue weighted by atomic mass is 35.5. The lowest BCUT2D eigenvalue weighted by atomic mass is 10.2. The van der Waals surface area contributed by atoms with Crippen molar-refractivity contribution in [2.75, 3.05) is 14.2 Å². The summed E-state index contributed by atoms with van der Waals surface area (Å²) in [6, 6.07) is 10.5. The molecule has 1 N–H and O–H groups in total. The summed E-state index contributed by atoms with van der Waals surface area (Å²) < 4.78 is 10.5. The maximum Gasteiger partial charge on any atom is 0.259 e. The predicted molar refractivity (Wildman–Crippen MR) is 95.8 cm³/mol. The Bertz CT molecular complexity index is 957. The monoisotopic (exact) mass is 342 g/mol. The molecule has 24 heavy (non-hydrogen) atoms. The van der Waals surface area contributed by atoms with Crippen molar-refractivity contribution in [2.45, 2.75) is 0 Å². The number of H-pyrrole nitrogens is 1. The second-order valence-corrected chi connectivity index (χ2v) is 5.53. The van der Waals surface area contributed by atoms with E-state index in [2.05, 4.69) is 9.97 Å². The molecule has 0 saturated heterocycles. The van der Waals surface area contributed by atoms with Crippen LogP contribution in [0.1, 0.15) is 11.4 Å². The first kappa shape index (κ1) is 16.1. The van der Waals surface area contributed by atoms with Crippen LogP contribution in [0, 0.1) is 0 Å². The van der Waals surface area contributed by atoms with E-state index in [1.807, 2.05) is 18.2 Å². The number of aromatic amines is 1. The molecule has 0 saturated carbocycles. The predicted octanol–water partition coefficient (Wildman–Crippen LogP) is 3.76. The van der Waals surface area contributed by atoms with Crippen LogP contribution < -0.4 is 15.0 Å². The number of nitrogens with zero attached hydrogens (tertiary/aromatic N) is 1. The summed E-state index contributed by atoms with van der Waals surface area (Å²) in [6.45, 7) is 0. The van der Waals surface area contributed by atoms with Gasteiger partial charge >= 0.3 is 0 Å². The van der Waals surface area contributed by atoms with Crippen LogP contribution in [0.3, 0.4) is 0 Å². The third-order valence-corrected chi connectivity index (χ3v) is 3.73. The molecular formula is C18H15ClN2O3. The van der Waals surface area contributed by atoms with Gasteiger partial charge in [0.05, 0.1) is 25.1 Å². The highest BCUT2D eigenvalue weighted by Crippen LogP contribution is 2.23. The van der Waals surface area contributed by atoms with Gasteiger partial charge in [-0.1, -0.05) is 17.7 Å². The van der Waals surface area contributed by atoms with Crippen molar-refractivity contribution in [3.05, 3.63) is 63.2 Å². The van der Waals surface area contributed by atoms with Crippen molar-refractivity contribution in [1.29, 1.82) is 0 Å². The first-order chi connectivity index (χ1) is 11.6. The summed E-state index contributed by atoms with van der Waals surface area (Å²) in [5, 5.41) is 0.962. The summed E-state index contributed by atoms with van der Waals surface area (Å²) in [4.78, 5) is 19.3. The zero-order valence-corrected chi connectivity index (χ0v) is 13.9. The van der Waals surface area contributed by atoms with Crippen LogP contribution in [0.15, 0.2) is 41.2 Å². The topological polar surface area (TPSA) is 64.2 Å². The van der Waals surface area contributed by atoms with Gasteiger partial charge in [-0.15, -0.1) is 0 Å². The Hall–Kier alpha value is -2.79. The van der Waals surface area contributed by atoms with Crippen LogP contribution in [0.5, 0.6) is 11.5 Å². The number of nitrogens with one attached hydrogen (secondary N) is 1. The molecule has 5 nitrogen and oxygen atoms in total. The van der Waals surface area contributed by atoms with Crippen LogP contribution in [-0.2, 0) is 0 Å². The van der Waals surface area contributed by atoms with E-state index in [1.165, 1.54) is 0 Å². The molecule has 0 fully saturated rings. The third-order valence-electron chi connectivity index (χ3n) is 3.49. The number of hydrogen-bond acceptors (Lipinski definition) is 4. The van der Waals surface area contributed by atoms with E-state index in [-0.39, 0.29) is 5.56 Å². The van der Waals surface area contributed by atoms with E-state index < -0.39 is 0 Å². The molecule has 3 rings (SSSR count). The van der Waals surface area contributed by atoms with E-state index in [0.717, 1.165) is 5.56 Å². The molecule has 0 aliphatic heterocycles. The van der Waals surface area contributed by atoms with Gasteiger partial charge in [0.1, 0.15) is 17.3 Å². The number of rotatable bonds is 4. The molecular weight excluding hydrogens is 328 g/mol. The van der Waals surface area contributed by atoms with Crippen LogP contribution in [0.4, 0.5) is 0 Å². The highest BCUT2D eigenvalue weighted by molar-refractivity contribution is 6.31. The molecule has 0 atom stereocenters. The van der Waals surface area contributed by atoms with Gasteiger partial charge in [0.15, 0.2) is 0 Å². The number of fused-ring (bicyclic) bond motifs is 1. The van der Waals surface area contributed by atoms with Crippen LogP contribution >= 0.6 is 11.6 Å². The molecule has 3 aromatic rings. The molecule has 122 valence electrons. The Morgan fingerprint density at radius 1 is 1.04 bits per heavy atom. The number of hydrogen-bond donors (Lipinski definition) is 1. The lowest BCUT2D eigenvalue weighted by Gasteiger charge is -2.05. The van der Waals surface area contributed by atoms with Gasteiger partial charge in [-0.25, -0.2) is 4.98 Å². The molecule has 0 aliphatic rings. The Balaban J connectivity index is 1.99. The number of ether oxygens (including phenoxy) is 2. The molecule has 0 aliphatic carbocycles. The Morgan fingerprint density at radius 2 is 1.75 bits per heavy atom. The first-order valence-electron chi connectivity index (χ1n) is 7.20. The van der Waals surface area contributed by atoms with E-state index in [9.17, 15) is 4.79 Å². The standard InChI is InChI=1S/C18H15ClN2O3/c1-23-13-7-11(8-14(10-13)24-2)3-6-17-20-16-5-4-12(19)9-15(16)18(22)21-17/h3-10H,1-2H3,(H,20,21,22)/b6-3+. The average Bonchev–Trinajstić information content (AvgIpc) is 2.60. The summed E-state index contributed by atoms with van der Waals surface area (Å²) >= 11 is 5.91. The van der Waals surface area contributed by atoms with E-state index >= 15 is 0 Å². The fourth-order valence-electron chi connectivity index (χ4n) is 2.31. The molecule has 0 amide bonds. The van der Waals surface area contributed by atoms with Crippen molar-refractivity contribution in [2.24, 2.45) is 0 Å². The Kier molecular flexibility index (Phi) is 4.53. The number of halogens is 1. The maximum absolute atomic E-state index is 12.1. The smallest absolute Gasteiger partial charge is 0.259 e. The normalized spacial score (nSPS) is 11.1. The van der Waals surface area contributed by atoms with Crippen molar-refractivity contribution in [3.63, 3.8) is 0 Å². The molecule has 2 aromatic carbocycles. The number of methoxy groups -OCH3 is 2. The second kappa shape index (κ2) is 6.76. The SMILES string of the molecule is COc1cc(/C=C/c2nc3ccc(Cl)cc3c(=O)[nH]2)cc(OC)c1. The van der Waals surface area contributed by atoms with Crippen LogP contribution in [0.25, 0.3) is 23.1 Å².